The Morgan fingerprint density at radius 1 is 1.21 bits per heavy atom. The quantitative estimate of drug-likeness (QED) is 0.884. The Morgan fingerprint density at radius 2 is 2.00 bits per heavy atom. The van der Waals surface area contributed by atoms with Gasteiger partial charge in [0.1, 0.15) is 11.9 Å². The van der Waals surface area contributed by atoms with Crippen molar-refractivity contribution in [2.24, 2.45) is 0 Å². The summed E-state index contributed by atoms with van der Waals surface area (Å²) in [5.74, 6) is 1.16. The van der Waals surface area contributed by atoms with Gasteiger partial charge in [-0.3, -0.25) is 0 Å². The van der Waals surface area contributed by atoms with Crippen LogP contribution in [-0.4, -0.2) is 11.5 Å². The summed E-state index contributed by atoms with van der Waals surface area (Å²) in [6, 6.07) is 16.1. The standard InChI is InChI=1S/C16H17N3/c1-13(14-6-3-2-4-7-14)9-11-19-16-15(12-17)8-5-10-18-16/h2-8,10,13H,9,11H2,1H3,(H,18,19). The average Bonchev–Trinajstić information content (AvgIpc) is 2.48. The number of pyridine rings is 1. The molecule has 0 saturated carbocycles. The number of nitrogens with zero attached hydrogens (tertiary/aromatic N) is 2. The number of nitriles is 1. The molecule has 1 aromatic carbocycles. The van der Waals surface area contributed by atoms with E-state index in [2.05, 4.69) is 47.6 Å². The van der Waals surface area contributed by atoms with Crippen LogP contribution in [0.5, 0.6) is 0 Å². The van der Waals surface area contributed by atoms with Gasteiger partial charge in [0.15, 0.2) is 0 Å². The van der Waals surface area contributed by atoms with Gasteiger partial charge in [-0.15, -0.1) is 0 Å². The highest BCUT2D eigenvalue weighted by Crippen LogP contribution is 2.18. The number of hydrogen-bond acceptors (Lipinski definition) is 3. The molecule has 0 spiro atoms. The molecule has 1 heterocycles. The summed E-state index contributed by atoms with van der Waals surface area (Å²) in [5.41, 5.74) is 1.93. The smallest absolute Gasteiger partial charge is 0.143 e. The first-order valence-corrected chi connectivity index (χ1v) is 6.45. The van der Waals surface area contributed by atoms with Crippen LogP contribution in [0, 0.1) is 11.3 Å². The van der Waals surface area contributed by atoms with E-state index < -0.39 is 0 Å². The highest BCUT2D eigenvalue weighted by Gasteiger charge is 2.06. The van der Waals surface area contributed by atoms with Crippen molar-refractivity contribution in [3.63, 3.8) is 0 Å². The first-order chi connectivity index (χ1) is 9.31. The molecule has 3 nitrogen and oxygen atoms in total. The third-order valence-corrected chi connectivity index (χ3v) is 3.17. The zero-order valence-corrected chi connectivity index (χ0v) is 11.0. The monoisotopic (exact) mass is 251 g/mol. The highest BCUT2D eigenvalue weighted by molar-refractivity contribution is 5.51. The molecule has 0 aliphatic carbocycles. The van der Waals surface area contributed by atoms with E-state index in [-0.39, 0.29) is 0 Å². The maximum absolute atomic E-state index is 8.97. The maximum Gasteiger partial charge on any atom is 0.143 e. The van der Waals surface area contributed by atoms with E-state index >= 15 is 0 Å². The van der Waals surface area contributed by atoms with E-state index in [1.165, 1.54) is 5.56 Å². The second-order valence-corrected chi connectivity index (χ2v) is 4.54. The summed E-state index contributed by atoms with van der Waals surface area (Å²) in [4.78, 5) is 4.19. The van der Waals surface area contributed by atoms with Crippen LogP contribution >= 0.6 is 0 Å². The Hall–Kier alpha value is -2.34. The predicted octanol–water partition coefficient (Wildman–Crippen LogP) is 3.56. The lowest BCUT2D eigenvalue weighted by Gasteiger charge is -2.13. The van der Waals surface area contributed by atoms with Crippen molar-refractivity contribution in [2.45, 2.75) is 19.3 Å². The van der Waals surface area contributed by atoms with Crippen LogP contribution in [-0.2, 0) is 0 Å². The van der Waals surface area contributed by atoms with Crippen LogP contribution in [0.2, 0.25) is 0 Å². The summed E-state index contributed by atoms with van der Waals surface area (Å²) in [5, 5.41) is 12.2. The van der Waals surface area contributed by atoms with Gasteiger partial charge < -0.3 is 5.32 Å². The average molecular weight is 251 g/mol. The topological polar surface area (TPSA) is 48.7 Å². The van der Waals surface area contributed by atoms with Crippen molar-refractivity contribution in [3.05, 3.63) is 59.8 Å². The molecule has 1 unspecified atom stereocenters. The highest BCUT2D eigenvalue weighted by atomic mass is 15.0. The lowest BCUT2D eigenvalue weighted by atomic mass is 9.98. The third-order valence-electron chi connectivity index (χ3n) is 3.17. The van der Waals surface area contributed by atoms with Gasteiger partial charge in [-0.2, -0.15) is 5.26 Å². The normalized spacial score (nSPS) is 11.6. The zero-order valence-electron chi connectivity index (χ0n) is 11.0. The third kappa shape index (κ3) is 3.56. The van der Waals surface area contributed by atoms with Crippen molar-refractivity contribution in [1.29, 1.82) is 5.26 Å². The van der Waals surface area contributed by atoms with Gasteiger partial charge in [0, 0.05) is 12.7 Å². The second kappa shape index (κ2) is 6.55. The van der Waals surface area contributed by atoms with Gasteiger partial charge in [0.25, 0.3) is 0 Å². The van der Waals surface area contributed by atoms with E-state index in [9.17, 15) is 0 Å². The molecule has 0 saturated heterocycles. The Labute approximate surface area is 113 Å². The largest absolute Gasteiger partial charge is 0.369 e. The Kier molecular flexibility index (Phi) is 4.52. The van der Waals surface area contributed by atoms with Crippen LogP contribution in [0.3, 0.4) is 0 Å². The van der Waals surface area contributed by atoms with Crippen LogP contribution in [0.15, 0.2) is 48.7 Å². The van der Waals surface area contributed by atoms with Crippen molar-refractivity contribution < 1.29 is 0 Å². The maximum atomic E-state index is 8.97. The molecule has 0 aliphatic rings. The summed E-state index contributed by atoms with van der Waals surface area (Å²) in [7, 11) is 0. The minimum absolute atomic E-state index is 0.489. The minimum Gasteiger partial charge on any atom is -0.369 e. The van der Waals surface area contributed by atoms with Crippen molar-refractivity contribution >= 4 is 5.82 Å². The van der Waals surface area contributed by atoms with Gasteiger partial charge in [-0.25, -0.2) is 4.98 Å². The number of benzene rings is 1. The molecule has 2 aromatic rings. The van der Waals surface area contributed by atoms with E-state index in [0.29, 0.717) is 17.3 Å². The van der Waals surface area contributed by atoms with Gasteiger partial charge in [0.05, 0.1) is 5.56 Å². The fraction of sp³-hybridized carbons (Fsp3) is 0.250. The van der Waals surface area contributed by atoms with Crippen LogP contribution in [0.1, 0.15) is 30.4 Å². The minimum atomic E-state index is 0.489. The molecule has 0 aliphatic heterocycles. The first-order valence-electron chi connectivity index (χ1n) is 6.45. The van der Waals surface area contributed by atoms with E-state index in [0.717, 1.165) is 13.0 Å². The summed E-state index contributed by atoms with van der Waals surface area (Å²) < 4.78 is 0. The van der Waals surface area contributed by atoms with Crippen molar-refractivity contribution in [1.82, 2.24) is 4.98 Å². The first kappa shape index (κ1) is 13.1. The lowest BCUT2D eigenvalue weighted by Crippen LogP contribution is -2.08. The molecule has 1 N–H and O–H groups in total. The number of nitrogens with one attached hydrogen (secondary N) is 1. The zero-order chi connectivity index (χ0) is 13.5. The summed E-state index contributed by atoms with van der Waals surface area (Å²) in [6.07, 6.45) is 2.70. The van der Waals surface area contributed by atoms with Crippen molar-refractivity contribution in [3.8, 4) is 6.07 Å². The van der Waals surface area contributed by atoms with Gasteiger partial charge in [-0.1, -0.05) is 37.3 Å². The molecule has 3 heteroatoms. The van der Waals surface area contributed by atoms with Crippen LogP contribution in [0.25, 0.3) is 0 Å². The Morgan fingerprint density at radius 3 is 2.74 bits per heavy atom. The molecule has 96 valence electrons. The summed E-state index contributed by atoms with van der Waals surface area (Å²) in [6.45, 7) is 3.02. The fourth-order valence-electron chi connectivity index (χ4n) is 1.99. The van der Waals surface area contributed by atoms with Crippen LogP contribution < -0.4 is 5.32 Å². The number of rotatable bonds is 5. The second-order valence-electron chi connectivity index (χ2n) is 4.54. The molecular formula is C16H17N3. The SMILES string of the molecule is CC(CCNc1ncccc1C#N)c1ccccc1. The molecule has 0 fully saturated rings. The van der Waals surface area contributed by atoms with Crippen molar-refractivity contribution in [2.75, 3.05) is 11.9 Å². The van der Waals surface area contributed by atoms with Gasteiger partial charge >= 0.3 is 0 Å². The summed E-state index contributed by atoms with van der Waals surface area (Å²) >= 11 is 0. The van der Waals surface area contributed by atoms with Gasteiger partial charge in [0.2, 0.25) is 0 Å². The predicted molar refractivity (Wildman–Crippen MR) is 76.9 cm³/mol. The van der Waals surface area contributed by atoms with Crippen LogP contribution in [0.4, 0.5) is 5.82 Å². The van der Waals surface area contributed by atoms with E-state index in [1.807, 2.05) is 6.07 Å². The molecular weight excluding hydrogens is 234 g/mol. The van der Waals surface area contributed by atoms with Gasteiger partial charge in [-0.05, 0) is 30.0 Å². The number of aromatic nitrogens is 1. The number of hydrogen-bond donors (Lipinski definition) is 1. The lowest BCUT2D eigenvalue weighted by molar-refractivity contribution is 0.705. The molecule has 2 rings (SSSR count). The molecule has 0 amide bonds. The Bertz CT molecular complexity index is 558. The molecule has 19 heavy (non-hydrogen) atoms. The van der Waals surface area contributed by atoms with E-state index in [4.69, 9.17) is 5.26 Å². The molecule has 0 radical (unpaired) electrons. The molecule has 1 aromatic heterocycles. The van der Waals surface area contributed by atoms with E-state index in [1.54, 1.807) is 18.3 Å². The molecule has 0 bridgehead atoms. The fourth-order valence-corrected chi connectivity index (χ4v) is 1.99. The number of anilines is 1. The molecule has 1 atom stereocenters. The Balaban J connectivity index is 1.89.